The minimum atomic E-state index is -0.202. The van der Waals surface area contributed by atoms with Gasteiger partial charge < -0.3 is 4.74 Å². The topological polar surface area (TPSA) is 50.7 Å². The Morgan fingerprint density at radius 3 is 3.00 bits per heavy atom. The summed E-state index contributed by atoms with van der Waals surface area (Å²) in [7, 11) is 0. The molecule has 21 heavy (non-hydrogen) atoms. The fourth-order valence-electron chi connectivity index (χ4n) is 2.03. The molecule has 2 heterocycles. The molecule has 1 unspecified atom stereocenters. The molecule has 0 fully saturated rings. The number of thiophene rings is 1. The fourth-order valence-corrected chi connectivity index (χ4v) is 2.65. The van der Waals surface area contributed by atoms with E-state index in [0.717, 1.165) is 16.9 Å². The molecule has 1 aliphatic rings. The van der Waals surface area contributed by atoms with E-state index in [2.05, 4.69) is 10.5 Å². The molecule has 4 nitrogen and oxygen atoms in total. The van der Waals surface area contributed by atoms with Crippen molar-refractivity contribution in [3.05, 3.63) is 57.8 Å². The number of nitrogens with zero attached hydrogens (tertiary/aromatic N) is 1. The van der Waals surface area contributed by atoms with Gasteiger partial charge in [-0.1, -0.05) is 24.3 Å². The number of carbonyl (C=O) groups excluding carboxylic acids is 1. The lowest BCUT2D eigenvalue weighted by Gasteiger charge is -2.22. The highest BCUT2D eigenvalue weighted by atomic mass is 32.1. The number of para-hydroxylation sites is 1. The summed E-state index contributed by atoms with van der Waals surface area (Å²) in [5, 5.41) is 5.86. The first-order valence-electron chi connectivity index (χ1n) is 6.58. The summed E-state index contributed by atoms with van der Waals surface area (Å²) in [4.78, 5) is 12.4. The van der Waals surface area contributed by atoms with Crippen LogP contribution in [0.5, 0.6) is 5.75 Å². The summed E-state index contributed by atoms with van der Waals surface area (Å²) < 4.78 is 5.80. The molecule has 0 saturated carbocycles. The van der Waals surface area contributed by atoms with E-state index in [1.54, 1.807) is 12.3 Å². The third-order valence-electron chi connectivity index (χ3n) is 3.14. The van der Waals surface area contributed by atoms with Crippen LogP contribution < -0.4 is 10.2 Å². The number of hydrazone groups is 1. The summed E-state index contributed by atoms with van der Waals surface area (Å²) in [5.41, 5.74) is 4.45. The number of rotatable bonds is 3. The fraction of sp³-hybridized carbons (Fsp3) is 0.125. The predicted molar refractivity (Wildman–Crippen MR) is 84.8 cm³/mol. The van der Waals surface area contributed by atoms with Gasteiger partial charge in [-0.3, -0.25) is 4.79 Å². The number of ether oxygens (including phenoxy) is 1. The minimum absolute atomic E-state index is 0.0951. The normalized spacial score (nSPS) is 17.0. The number of hydrogen-bond donors (Lipinski definition) is 1. The van der Waals surface area contributed by atoms with Gasteiger partial charge in [0.05, 0.1) is 11.1 Å². The Morgan fingerprint density at radius 1 is 1.33 bits per heavy atom. The van der Waals surface area contributed by atoms with Gasteiger partial charge in [0.15, 0.2) is 0 Å². The number of amides is 1. The smallest absolute Gasteiger partial charge is 0.281 e. The minimum Gasteiger partial charge on any atom is -0.485 e. The van der Waals surface area contributed by atoms with Crippen molar-refractivity contribution in [3.63, 3.8) is 0 Å². The lowest BCUT2D eigenvalue weighted by Crippen LogP contribution is -2.21. The first-order chi connectivity index (χ1) is 10.2. The number of benzene rings is 1. The van der Waals surface area contributed by atoms with E-state index in [4.69, 9.17) is 4.74 Å². The highest BCUT2D eigenvalue weighted by molar-refractivity contribution is 7.12. The van der Waals surface area contributed by atoms with Crippen LogP contribution in [0, 0.1) is 0 Å². The van der Waals surface area contributed by atoms with Gasteiger partial charge in [0.25, 0.3) is 5.91 Å². The maximum absolute atomic E-state index is 11.8. The summed E-state index contributed by atoms with van der Waals surface area (Å²) in [6, 6.07) is 11.4. The third kappa shape index (κ3) is 3.03. The lowest BCUT2D eigenvalue weighted by atomic mass is 10.0. The maximum atomic E-state index is 11.8. The maximum Gasteiger partial charge on any atom is 0.281 e. The molecule has 2 aromatic rings. The Balaban J connectivity index is 1.71. The van der Waals surface area contributed by atoms with Crippen LogP contribution in [0.1, 0.15) is 22.2 Å². The number of hydrogen-bond acceptors (Lipinski definition) is 4. The van der Waals surface area contributed by atoms with Crippen LogP contribution in [-0.2, 0) is 0 Å². The van der Waals surface area contributed by atoms with Crippen molar-refractivity contribution in [2.45, 2.75) is 13.0 Å². The van der Waals surface area contributed by atoms with E-state index in [-0.39, 0.29) is 12.0 Å². The van der Waals surface area contributed by atoms with Crippen molar-refractivity contribution in [2.24, 2.45) is 5.10 Å². The molecular weight excluding hydrogens is 284 g/mol. The van der Waals surface area contributed by atoms with Crippen molar-refractivity contribution in [1.82, 2.24) is 5.43 Å². The van der Waals surface area contributed by atoms with Crippen LogP contribution in [0.15, 0.2) is 52.5 Å². The van der Waals surface area contributed by atoms with Gasteiger partial charge in [-0.25, -0.2) is 5.43 Å². The Morgan fingerprint density at radius 2 is 2.19 bits per heavy atom. The second-order valence-corrected chi connectivity index (χ2v) is 5.57. The zero-order chi connectivity index (χ0) is 14.7. The lowest BCUT2D eigenvalue weighted by molar-refractivity contribution is 0.0959. The van der Waals surface area contributed by atoms with Crippen LogP contribution in [0.4, 0.5) is 0 Å². The molecule has 0 bridgehead atoms. The Labute approximate surface area is 126 Å². The molecule has 0 aliphatic carbocycles. The molecule has 1 amide bonds. The van der Waals surface area contributed by atoms with Gasteiger partial charge in [-0.15, -0.1) is 11.3 Å². The van der Waals surface area contributed by atoms with Crippen molar-refractivity contribution in [3.8, 4) is 5.75 Å². The van der Waals surface area contributed by atoms with E-state index in [0.29, 0.717) is 4.88 Å². The van der Waals surface area contributed by atoms with E-state index >= 15 is 0 Å². The largest absolute Gasteiger partial charge is 0.485 e. The standard InChI is InChI=1S/C16H14N2O2S/c1-11-13(9-12-5-2-3-6-14(12)20-11)10-17-18-16(19)15-7-4-8-21-15/h2-11H,1H3,(H,18,19)/b17-10+. The quantitative estimate of drug-likeness (QED) is 0.698. The summed E-state index contributed by atoms with van der Waals surface area (Å²) in [5.74, 6) is 0.663. The van der Waals surface area contributed by atoms with Gasteiger partial charge in [0.2, 0.25) is 0 Å². The number of carbonyl (C=O) groups is 1. The predicted octanol–water partition coefficient (Wildman–Crippen LogP) is 3.33. The molecule has 3 rings (SSSR count). The van der Waals surface area contributed by atoms with Crippen molar-refractivity contribution >= 4 is 29.5 Å². The average molecular weight is 298 g/mol. The van der Waals surface area contributed by atoms with Crippen molar-refractivity contribution in [1.29, 1.82) is 0 Å². The van der Waals surface area contributed by atoms with Gasteiger partial charge in [-0.2, -0.15) is 5.10 Å². The Kier molecular flexibility index (Phi) is 3.83. The molecule has 106 valence electrons. The van der Waals surface area contributed by atoms with Crippen molar-refractivity contribution < 1.29 is 9.53 Å². The van der Waals surface area contributed by atoms with E-state index in [9.17, 15) is 4.79 Å². The molecule has 1 aromatic carbocycles. The van der Waals surface area contributed by atoms with Gasteiger partial charge >= 0.3 is 0 Å². The van der Waals surface area contributed by atoms with Gasteiger partial charge in [-0.05, 0) is 30.5 Å². The summed E-state index contributed by atoms with van der Waals surface area (Å²) in [6.07, 6.45) is 3.55. The average Bonchev–Trinajstić information content (AvgIpc) is 3.02. The van der Waals surface area contributed by atoms with E-state index < -0.39 is 0 Å². The summed E-state index contributed by atoms with van der Waals surface area (Å²) in [6.45, 7) is 1.95. The Hall–Kier alpha value is -2.40. The third-order valence-corrected chi connectivity index (χ3v) is 4.01. The molecule has 1 atom stereocenters. The second-order valence-electron chi connectivity index (χ2n) is 4.62. The number of nitrogens with one attached hydrogen (secondary N) is 1. The van der Waals surface area contributed by atoms with Crippen LogP contribution in [0.3, 0.4) is 0 Å². The van der Waals surface area contributed by atoms with Crippen LogP contribution in [0.25, 0.3) is 6.08 Å². The van der Waals surface area contributed by atoms with Crippen LogP contribution >= 0.6 is 11.3 Å². The Bertz CT molecular complexity index is 705. The SMILES string of the molecule is CC1Oc2ccccc2C=C1/C=N/NC(=O)c1cccs1. The zero-order valence-corrected chi connectivity index (χ0v) is 12.3. The highest BCUT2D eigenvalue weighted by Crippen LogP contribution is 2.28. The molecule has 1 aliphatic heterocycles. The molecule has 1 aromatic heterocycles. The molecular formula is C16H14N2O2S. The first-order valence-corrected chi connectivity index (χ1v) is 7.46. The van der Waals surface area contributed by atoms with Crippen molar-refractivity contribution in [2.75, 3.05) is 0 Å². The van der Waals surface area contributed by atoms with E-state index in [1.165, 1.54) is 11.3 Å². The molecule has 0 spiro atoms. The molecule has 1 N–H and O–H groups in total. The monoisotopic (exact) mass is 298 g/mol. The number of fused-ring (bicyclic) bond motifs is 1. The van der Waals surface area contributed by atoms with E-state index in [1.807, 2.05) is 48.7 Å². The van der Waals surface area contributed by atoms with Crippen LogP contribution in [0.2, 0.25) is 0 Å². The zero-order valence-electron chi connectivity index (χ0n) is 11.4. The summed E-state index contributed by atoms with van der Waals surface area (Å²) >= 11 is 1.38. The van der Waals surface area contributed by atoms with Crippen LogP contribution in [-0.4, -0.2) is 18.2 Å². The second kappa shape index (κ2) is 5.93. The molecule has 0 radical (unpaired) electrons. The molecule has 5 heteroatoms. The molecule has 0 saturated heterocycles. The van der Waals surface area contributed by atoms with Gasteiger partial charge in [0, 0.05) is 11.1 Å². The first kappa shape index (κ1) is 13.6. The highest BCUT2D eigenvalue weighted by Gasteiger charge is 2.16. The van der Waals surface area contributed by atoms with Gasteiger partial charge in [0.1, 0.15) is 11.9 Å².